The minimum absolute atomic E-state index is 0.388. The highest BCUT2D eigenvalue weighted by Gasteiger charge is 2.14. The number of hydrogen-bond acceptors (Lipinski definition) is 4. The summed E-state index contributed by atoms with van der Waals surface area (Å²) in [6.07, 6.45) is 1.20. The molecule has 1 aromatic heterocycles. The lowest BCUT2D eigenvalue weighted by Crippen LogP contribution is -2.44. The van der Waals surface area contributed by atoms with E-state index in [4.69, 9.17) is 5.73 Å². The molecule has 5 heteroatoms. The van der Waals surface area contributed by atoms with Crippen LogP contribution in [0.4, 0.5) is 15.9 Å². The molecule has 0 atom stereocenters. The number of piperazine rings is 1. The molecule has 0 amide bonds. The van der Waals surface area contributed by atoms with Crippen molar-refractivity contribution in [2.75, 3.05) is 36.8 Å². The van der Waals surface area contributed by atoms with Crippen LogP contribution in [0, 0.1) is 5.82 Å². The van der Waals surface area contributed by atoms with Crippen LogP contribution in [-0.4, -0.2) is 31.2 Å². The minimum Gasteiger partial charge on any atom is -0.396 e. The molecule has 2 heterocycles. The van der Waals surface area contributed by atoms with Crippen LogP contribution < -0.4 is 16.0 Å². The van der Waals surface area contributed by atoms with E-state index in [1.807, 2.05) is 0 Å². The number of pyridine rings is 1. The molecule has 1 aliphatic heterocycles. The van der Waals surface area contributed by atoms with Crippen molar-refractivity contribution in [3.8, 4) is 0 Å². The van der Waals surface area contributed by atoms with E-state index in [1.54, 1.807) is 0 Å². The zero-order valence-electron chi connectivity index (χ0n) is 7.83. The standard InChI is InChI=1S/C9H13FN4/c10-7-5-8(11)9(13-6-7)14-3-1-12-2-4-14/h5-6,12H,1-4,11H2. The lowest BCUT2D eigenvalue weighted by atomic mass is 10.3. The molecule has 0 spiro atoms. The molecule has 76 valence electrons. The second kappa shape index (κ2) is 3.79. The normalized spacial score (nSPS) is 17.1. The van der Waals surface area contributed by atoms with Gasteiger partial charge in [-0.1, -0.05) is 0 Å². The molecule has 0 aromatic carbocycles. The fourth-order valence-corrected chi connectivity index (χ4v) is 1.59. The van der Waals surface area contributed by atoms with Crippen molar-refractivity contribution in [1.29, 1.82) is 0 Å². The molecule has 1 aromatic rings. The number of rotatable bonds is 1. The van der Waals surface area contributed by atoms with Crippen molar-refractivity contribution < 1.29 is 4.39 Å². The topological polar surface area (TPSA) is 54.2 Å². The molecule has 0 radical (unpaired) electrons. The van der Waals surface area contributed by atoms with E-state index >= 15 is 0 Å². The summed E-state index contributed by atoms with van der Waals surface area (Å²) >= 11 is 0. The molecule has 1 saturated heterocycles. The summed E-state index contributed by atoms with van der Waals surface area (Å²) in [5, 5.41) is 3.23. The van der Waals surface area contributed by atoms with Crippen molar-refractivity contribution in [2.24, 2.45) is 0 Å². The Morgan fingerprint density at radius 3 is 2.79 bits per heavy atom. The molecular formula is C9H13FN4. The Balaban J connectivity index is 2.22. The summed E-state index contributed by atoms with van der Waals surface area (Å²) < 4.78 is 12.7. The van der Waals surface area contributed by atoms with Gasteiger partial charge < -0.3 is 16.0 Å². The summed E-state index contributed by atoms with van der Waals surface area (Å²) in [6.45, 7) is 3.56. The van der Waals surface area contributed by atoms with E-state index < -0.39 is 0 Å². The highest BCUT2D eigenvalue weighted by molar-refractivity contribution is 5.62. The van der Waals surface area contributed by atoms with E-state index in [0.29, 0.717) is 11.5 Å². The summed E-state index contributed by atoms with van der Waals surface area (Å²) in [5.74, 6) is 0.300. The Bertz CT molecular complexity index is 323. The molecule has 1 aliphatic rings. The van der Waals surface area contributed by atoms with Crippen molar-refractivity contribution in [3.63, 3.8) is 0 Å². The lowest BCUT2D eigenvalue weighted by molar-refractivity contribution is 0.582. The third-order valence-electron chi connectivity index (χ3n) is 2.28. The zero-order chi connectivity index (χ0) is 9.97. The molecule has 1 fully saturated rings. The van der Waals surface area contributed by atoms with Crippen molar-refractivity contribution >= 4 is 11.5 Å². The highest BCUT2D eigenvalue weighted by atomic mass is 19.1. The van der Waals surface area contributed by atoms with Crippen molar-refractivity contribution in [3.05, 3.63) is 18.1 Å². The summed E-state index contributed by atoms with van der Waals surface area (Å²) in [4.78, 5) is 6.06. The summed E-state index contributed by atoms with van der Waals surface area (Å²) in [5.41, 5.74) is 6.10. The quantitative estimate of drug-likeness (QED) is 0.674. The number of nitrogens with zero attached hydrogens (tertiary/aromatic N) is 2. The fourth-order valence-electron chi connectivity index (χ4n) is 1.59. The lowest BCUT2D eigenvalue weighted by Gasteiger charge is -2.29. The van der Waals surface area contributed by atoms with Gasteiger partial charge in [0.15, 0.2) is 5.82 Å². The van der Waals surface area contributed by atoms with Gasteiger partial charge in [-0.3, -0.25) is 0 Å². The van der Waals surface area contributed by atoms with Gasteiger partial charge in [0.2, 0.25) is 0 Å². The van der Waals surface area contributed by atoms with Gasteiger partial charge in [-0.25, -0.2) is 9.37 Å². The average Bonchev–Trinajstić information content (AvgIpc) is 2.19. The fraction of sp³-hybridized carbons (Fsp3) is 0.444. The van der Waals surface area contributed by atoms with Crippen molar-refractivity contribution in [2.45, 2.75) is 0 Å². The van der Waals surface area contributed by atoms with Gasteiger partial charge in [-0.15, -0.1) is 0 Å². The largest absolute Gasteiger partial charge is 0.396 e. The molecule has 2 rings (SSSR count). The van der Waals surface area contributed by atoms with Gasteiger partial charge in [0, 0.05) is 32.2 Å². The Hall–Kier alpha value is -1.36. The SMILES string of the molecule is Nc1cc(F)cnc1N1CCNCC1. The van der Waals surface area contributed by atoms with Crippen LogP contribution in [0.15, 0.2) is 12.3 Å². The third kappa shape index (κ3) is 1.77. The number of aromatic nitrogens is 1. The van der Waals surface area contributed by atoms with Crippen LogP contribution in [0.3, 0.4) is 0 Å². The Morgan fingerprint density at radius 2 is 2.14 bits per heavy atom. The Labute approximate surface area is 81.9 Å². The van der Waals surface area contributed by atoms with Crippen molar-refractivity contribution in [1.82, 2.24) is 10.3 Å². The predicted molar refractivity (Wildman–Crippen MR) is 53.7 cm³/mol. The molecular weight excluding hydrogens is 183 g/mol. The van der Waals surface area contributed by atoms with Crippen LogP contribution in [-0.2, 0) is 0 Å². The third-order valence-corrected chi connectivity index (χ3v) is 2.28. The maximum absolute atomic E-state index is 12.7. The highest BCUT2D eigenvalue weighted by Crippen LogP contribution is 2.20. The van der Waals surface area contributed by atoms with E-state index in [2.05, 4.69) is 15.2 Å². The molecule has 0 saturated carbocycles. The predicted octanol–water partition coefficient (Wildman–Crippen LogP) is 0.212. The van der Waals surface area contributed by atoms with Crippen LogP contribution in [0.25, 0.3) is 0 Å². The average molecular weight is 196 g/mol. The molecule has 0 aliphatic carbocycles. The Kier molecular flexibility index (Phi) is 2.49. The van der Waals surface area contributed by atoms with Crippen LogP contribution in [0.2, 0.25) is 0 Å². The minimum atomic E-state index is -0.388. The van der Waals surface area contributed by atoms with E-state index in [1.165, 1.54) is 12.3 Å². The van der Waals surface area contributed by atoms with Crippen LogP contribution >= 0.6 is 0 Å². The van der Waals surface area contributed by atoms with Gasteiger partial charge in [0.1, 0.15) is 5.82 Å². The number of hydrogen-bond donors (Lipinski definition) is 2. The van der Waals surface area contributed by atoms with E-state index in [0.717, 1.165) is 26.2 Å². The molecule has 4 nitrogen and oxygen atoms in total. The Morgan fingerprint density at radius 1 is 1.43 bits per heavy atom. The zero-order valence-corrected chi connectivity index (χ0v) is 7.83. The number of nitrogens with one attached hydrogen (secondary N) is 1. The van der Waals surface area contributed by atoms with Gasteiger partial charge in [-0.05, 0) is 0 Å². The maximum atomic E-state index is 12.7. The number of nitrogens with two attached hydrogens (primary N) is 1. The first kappa shape index (κ1) is 9.21. The van der Waals surface area contributed by atoms with Gasteiger partial charge >= 0.3 is 0 Å². The first-order valence-corrected chi connectivity index (χ1v) is 4.64. The van der Waals surface area contributed by atoms with Gasteiger partial charge in [0.25, 0.3) is 0 Å². The van der Waals surface area contributed by atoms with E-state index in [-0.39, 0.29) is 5.82 Å². The first-order valence-electron chi connectivity index (χ1n) is 4.64. The second-order valence-electron chi connectivity index (χ2n) is 3.30. The van der Waals surface area contributed by atoms with Gasteiger partial charge in [-0.2, -0.15) is 0 Å². The first-order chi connectivity index (χ1) is 6.77. The number of anilines is 2. The van der Waals surface area contributed by atoms with E-state index in [9.17, 15) is 4.39 Å². The number of nitrogen functional groups attached to an aromatic ring is 1. The molecule has 0 unspecified atom stereocenters. The number of halogens is 1. The summed E-state index contributed by atoms with van der Waals surface area (Å²) in [6, 6.07) is 1.31. The van der Waals surface area contributed by atoms with Crippen LogP contribution in [0.1, 0.15) is 0 Å². The van der Waals surface area contributed by atoms with Gasteiger partial charge in [0.05, 0.1) is 11.9 Å². The monoisotopic (exact) mass is 196 g/mol. The van der Waals surface area contributed by atoms with Crippen LogP contribution in [0.5, 0.6) is 0 Å². The summed E-state index contributed by atoms with van der Waals surface area (Å²) in [7, 11) is 0. The maximum Gasteiger partial charge on any atom is 0.152 e. The smallest absolute Gasteiger partial charge is 0.152 e. The second-order valence-corrected chi connectivity index (χ2v) is 3.30. The molecule has 3 N–H and O–H groups in total. The molecule has 0 bridgehead atoms. The molecule has 14 heavy (non-hydrogen) atoms.